The molecule has 4 aromatic rings. The lowest BCUT2D eigenvalue weighted by Crippen LogP contribution is -2.37. The number of phenols is 1. The average Bonchev–Trinajstić information content (AvgIpc) is 3.50. The van der Waals surface area contributed by atoms with Crippen LogP contribution in [0.5, 0.6) is 11.8 Å². The minimum absolute atomic E-state index is 0.0201. The number of phenolic OH excluding ortho intramolecular Hbond substituents is 1. The first kappa shape index (κ1) is 29.7. The molecule has 0 amide bonds. The van der Waals surface area contributed by atoms with Crippen molar-refractivity contribution in [1.82, 2.24) is 14.9 Å². The van der Waals surface area contributed by atoms with Crippen LogP contribution in [0.25, 0.3) is 33.0 Å². The largest absolute Gasteiger partial charge is 0.508 e. The second-order valence-corrected chi connectivity index (χ2v) is 11.7. The number of hydrogen-bond acceptors (Lipinski definition) is 9. The lowest BCUT2D eigenvalue weighted by atomic mass is 9.98. The molecule has 2 N–H and O–H groups in total. The number of nitrogens with zero attached hydrogens (tertiary/aromatic N) is 4. The molecule has 2 fully saturated rings. The zero-order valence-electron chi connectivity index (χ0n) is 24.4. The van der Waals surface area contributed by atoms with E-state index in [4.69, 9.17) is 9.15 Å². The zero-order chi connectivity index (χ0) is 30.3. The number of alkyl halides is 1. The molecule has 11 heteroatoms. The number of methoxy groups -OCH3 is 1. The predicted octanol–water partition coefficient (Wildman–Crippen LogP) is 4.96. The normalized spacial score (nSPS) is 18.7. The number of fused-ring (bicyclic) bond motifs is 3. The zero-order valence-corrected chi connectivity index (χ0v) is 24.4. The van der Waals surface area contributed by atoms with Crippen LogP contribution < -0.4 is 15.3 Å². The van der Waals surface area contributed by atoms with Crippen LogP contribution in [0.15, 0.2) is 39.5 Å². The smallest absolute Gasteiger partial charge is 0.349 e. The van der Waals surface area contributed by atoms with E-state index in [1.54, 1.807) is 38.8 Å². The van der Waals surface area contributed by atoms with Crippen molar-refractivity contribution in [2.45, 2.75) is 57.8 Å². The van der Waals surface area contributed by atoms with Gasteiger partial charge < -0.3 is 24.3 Å². The van der Waals surface area contributed by atoms with Gasteiger partial charge in [-0.05, 0) is 70.2 Å². The third kappa shape index (κ3) is 5.89. The number of benzene rings is 2. The van der Waals surface area contributed by atoms with Gasteiger partial charge in [-0.25, -0.2) is 13.6 Å². The molecule has 2 atom stereocenters. The van der Waals surface area contributed by atoms with Crippen molar-refractivity contribution in [3.05, 3.63) is 52.1 Å². The summed E-state index contributed by atoms with van der Waals surface area (Å²) in [6, 6.07) is 7.91. The Bertz CT molecular complexity index is 1670. The van der Waals surface area contributed by atoms with E-state index >= 15 is 0 Å². The Morgan fingerprint density at radius 2 is 2.00 bits per heavy atom. The SMILES string of the molecule is COc1nc(N(C)CC(C)(C)O)c2c(=O)oc(-c3cc(O)cc4cccc(F)c34)c(C)c2n1.FC1CC2CCCN2C1. The van der Waals surface area contributed by atoms with Crippen LogP contribution in [0.3, 0.4) is 0 Å². The second-order valence-electron chi connectivity index (χ2n) is 11.7. The highest BCUT2D eigenvalue weighted by molar-refractivity contribution is 6.00. The monoisotopic (exact) mass is 582 g/mol. The summed E-state index contributed by atoms with van der Waals surface area (Å²) in [5.41, 5.74) is -0.869. The first-order valence-corrected chi connectivity index (χ1v) is 14.0. The summed E-state index contributed by atoms with van der Waals surface area (Å²) in [7, 11) is 3.08. The number of hydrogen-bond donors (Lipinski definition) is 2. The van der Waals surface area contributed by atoms with Crippen molar-refractivity contribution < 1.29 is 28.1 Å². The average molecular weight is 583 g/mol. The number of aliphatic hydroxyl groups is 1. The van der Waals surface area contributed by atoms with E-state index in [-0.39, 0.29) is 51.7 Å². The summed E-state index contributed by atoms with van der Waals surface area (Å²) in [6.45, 7) is 6.99. The van der Waals surface area contributed by atoms with Gasteiger partial charge >= 0.3 is 11.6 Å². The maximum atomic E-state index is 14.8. The van der Waals surface area contributed by atoms with Crippen LogP contribution >= 0.6 is 0 Å². The van der Waals surface area contributed by atoms with Crippen LogP contribution in [0.2, 0.25) is 0 Å². The quantitative estimate of drug-likeness (QED) is 0.337. The molecule has 0 bridgehead atoms. The lowest BCUT2D eigenvalue weighted by Gasteiger charge is -2.27. The van der Waals surface area contributed by atoms with Crippen molar-refractivity contribution in [1.29, 1.82) is 0 Å². The molecular formula is C31H36F2N4O5. The Balaban J connectivity index is 0.000000330. The third-order valence-corrected chi connectivity index (χ3v) is 7.75. The minimum Gasteiger partial charge on any atom is -0.508 e. The van der Waals surface area contributed by atoms with E-state index in [2.05, 4.69) is 14.9 Å². The predicted molar refractivity (Wildman–Crippen MR) is 158 cm³/mol. The van der Waals surface area contributed by atoms with Crippen molar-refractivity contribution in [3.63, 3.8) is 0 Å². The summed E-state index contributed by atoms with van der Waals surface area (Å²) >= 11 is 0. The Labute approximate surface area is 242 Å². The van der Waals surface area contributed by atoms with Gasteiger partial charge in [-0.3, -0.25) is 4.90 Å². The number of rotatable bonds is 5. The molecule has 224 valence electrons. The number of anilines is 1. The molecule has 4 heterocycles. The van der Waals surface area contributed by atoms with Gasteiger partial charge in [0.2, 0.25) is 0 Å². The number of halogens is 2. The molecule has 0 saturated carbocycles. The highest BCUT2D eigenvalue weighted by Crippen LogP contribution is 2.38. The molecule has 2 unspecified atom stereocenters. The van der Waals surface area contributed by atoms with Gasteiger partial charge in [0.05, 0.1) is 18.2 Å². The molecule has 2 aromatic heterocycles. The summed E-state index contributed by atoms with van der Waals surface area (Å²) in [5, 5.41) is 21.2. The molecular weight excluding hydrogens is 546 g/mol. The first-order chi connectivity index (χ1) is 19.9. The van der Waals surface area contributed by atoms with Gasteiger partial charge in [-0.15, -0.1) is 0 Å². The van der Waals surface area contributed by atoms with Gasteiger partial charge in [0.1, 0.15) is 28.9 Å². The van der Waals surface area contributed by atoms with Gasteiger partial charge in [0.25, 0.3) is 0 Å². The number of aromatic nitrogens is 2. The van der Waals surface area contributed by atoms with E-state index in [0.29, 0.717) is 23.5 Å². The highest BCUT2D eigenvalue weighted by atomic mass is 19.1. The summed E-state index contributed by atoms with van der Waals surface area (Å²) in [5.74, 6) is -0.309. The number of likely N-dealkylation sites (N-methyl/N-ethyl adjacent to an activating group) is 1. The molecule has 6 rings (SSSR count). The van der Waals surface area contributed by atoms with Gasteiger partial charge in [0.15, 0.2) is 5.82 Å². The number of ether oxygens (including phenoxy) is 1. The molecule has 42 heavy (non-hydrogen) atoms. The molecule has 2 saturated heterocycles. The first-order valence-electron chi connectivity index (χ1n) is 14.0. The maximum absolute atomic E-state index is 14.8. The van der Waals surface area contributed by atoms with Crippen LogP contribution in [0.4, 0.5) is 14.6 Å². The van der Waals surface area contributed by atoms with Gasteiger partial charge in [-0.1, -0.05) is 12.1 Å². The fourth-order valence-electron chi connectivity index (χ4n) is 6.07. The van der Waals surface area contributed by atoms with Crippen LogP contribution in [-0.4, -0.2) is 76.7 Å². The molecule has 0 aliphatic carbocycles. The van der Waals surface area contributed by atoms with Gasteiger partial charge in [0, 0.05) is 42.7 Å². The topological polar surface area (TPSA) is 112 Å². The Morgan fingerprint density at radius 3 is 2.69 bits per heavy atom. The Morgan fingerprint density at radius 1 is 1.24 bits per heavy atom. The van der Waals surface area contributed by atoms with E-state index in [0.717, 1.165) is 13.0 Å². The second kappa shape index (κ2) is 11.4. The Kier molecular flexibility index (Phi) is 8.08. The lowest BCUT2D eigenvalue weighted by molar-refractivity contribution is 0.0884. The van der Waals surface area contributed by atoms with E-state index in [9.17, 15) is 23.8 Å². The van der Waals surface area contributed by atoms with Crippen LogP contribution in [0.1, 0.15) is 38.7 Å². The van der Waals surface area contributed by atoms with Crippen LogP contribution in [0, 0.1) is 12.7 Å². The molecule has 2 aliphatic rings. The molecule has 2 aromatic carbocycles. The summed E-state index contributed by atoms with van der Waals surface area (Å²) in [4.78, 5) is 25.8. The summed E-state index contributed by atoms with van der Waals surface area (Å²) in [6.07, 6.45) is 2.81. The standard InChI is InChI=1S/C24H24FN3O5.C7H12FN/c1-12-19-18(21(27-23(26-19)32-5)28(4)11-24(2,3)31)22(30)33-20(12)15-10-14(29)9-13-7-6-8-16(25)17(13)15;8-6-4-7-2-1-3-9(7)5-6/h6-10,29,31H,11H2,1-5H3;6-7H,1-5H2. The minimum atomic E-state index is -1.06. The number of aryl methyl sites for hydroxylation is 1. The highest BCUT2D eigenvalue weighted by Gasteiger charge is 2.34. The fraction of sp³-hybridized carbons (Fsp3) is 0.452. The summed E-state index contributed by atoms with van der Waals surface area (Å²) < 4.78 is 38.3. The molecule has 9 nitrogen and oxygen atoms in total. The fourth-order valence-corrected chi connectivity index (χ4v) is 6.07. The van der Waals surface area contributed by atoms with E-state index < -0.39 is 23.2 Å². The molecule has 0 spiro atoms. The van der Waals surface area contributed by atoms with Crippen molar-refractivity contribution in [3.8, 4) is 23.1 Å². The molecule has 2 aliphatic heterocycles. The van der Waals surface area contributed by atoms with Crippen molar-refractivity contribution >= 4 is 27.5 Å². The third-order valence-electron chi connectivity index (χ3n) is 7.75. The maximum Gasteiger partial charge on any atom is 0.349 e. The van der Waals surface area contributed by atoms with Crippen LogP contribution in [-0.2, 0) is 0 Å². The molecule has 0 radical (unpaired) electrons. The Hall–Kier alpha value is -3.83. The van der Waals surface area contributed by atoms with Crippen molar-refractivity contribution in [2.24, 2.45) is 0 Å². The number of aromatic hydroxyl groups is 1. The van der Waals surface area contributed by atoms with E-state index in [1.165, 1.54) is 44.2 Å². The van der Waals surface area contributed by atoms with Crippen molar-refractivity contribution in [2.75, 3.05) is 38.7 Å². The van der Waals surface area contributed by atoms with E-state index in [1.807, 2.05) is 0 Å². The van der Waals surface area contributed by atoms with Gasteiger partial charge in [-0.2, -0.15) is 9.97 Å².